The second-order valence-corrected chi connectivity index (χ2v) is 6.46. The number of piperidine rings is 1. The van der Waals surface area contributed by atoms with Crippen LogP contribution in [0.15, 0.2) is 0 Å². The summed E-state index contributed by atoms with van der Waals surface area (Å²) >= 11 is 2.10. The maximum atomic E-state index is 3.85. The average Bonchev–Trinajstić information content (AvgIpc) is 2.82. The molecule has 2 heterocycles. The highest BCUT2D eigenvalue weighted by atomic mass is 32.2. The minimum atomic E-state index is 0.707. The van der Waals surface area contributed by atoms with Crippen molar-refractivity contribution in [3.63, 3.8) is 0 Å². The number of thioether (sulfide) groups is 1. The molecule has 0 aromatic heterocycles. The van der Waals surface area contributed by atoms with Crippen molar-refractivity contribution in [3.05, 3.63) is 0 Å². The van der Waals surface area contributed by atoms with Crippen molar-refractivity contribution in [1.82, 2.24) is 10.2 Å². The summed E-state index contributed by atoms with van der Waals surface area (Å²) in [6.45, 7) is 8.53. The van der Waals surface area contributed by atoms with E-state index in [0.717, 1.165) is 12.0 Å². The van der Waals surface area contributed by atoms with Crippen molar-refractivity contribution in [2.24, 2.45) is 5.92 Å². The summed E-state index contributed by atoms with van der Waals surface area (Å²) in [4.78, 5) is 2.61. The maximum Gasteiger partial charge on any atom is 0.0168 e. The van der Waals surface area contributed by atoms with E-state index < -0.39 is 0 Å². The highest BCUT2D eigenvalue weighted by Crippen LogP contribution is 2.22. The fourth-order valence-electron chi connectivity index (χ4n) is 2.96. The fraction of sp³-hybridized carbons (Fsp3) is 1.00. The molecular weight excluding hydrogens is 216 g/mol. The molecule has 0 aliphatic carbocycles. The second-order valence-electron chi connectivity index (χ2n) is 5.31. The quantitative estimate of drug-likeness (QED) is 0.814. The van der Waals surface area contributed by atoms with Gasteiger partial charge >= 0.3 is 0 Å². The first-order valence-electron chi connectivity index (χ1n) is 6.85. The molecule has 0 saturated carbocycles. The Balaban J connectivity index is 1.76. The van der Waals surface area contributed by atoms with Crippen LogP contribution in [-0.4, -0.2) is 48.1 Å². The van der Waals surface area contributed by atoms with Gasteiger partial charge in [0, 0.05) is 24.4 Å². The molecule has 0 aromatic rings. The summed E-state index contributed by atoms with van der Waals surface area (Å²) in [6.07, 6.45) is 4.19. The molecule has 2 saturated heterocycles. The molecule has 0 aromatic carbocycles. The van der Waals surface area contributed by atoms with Crippen LogP contribution in [0.3, 0.4) is 0 Å². The van der Waals surface area contributed by atoms with Crippen molar-refractivity contribution in [2.75, 3.05) is 31.1 Å². The molecule has 0 radical (unpaired) electrons. The largest absolute Gasteiger partial charge is 0.310 e. The summed E-state index contributed by atoms with van der Waals surface area (Å²) < 4.78 is 0. The Morgan fingerprint density at radius 1 is 1.44 bits per heavy atom. The van der Waals surface area contributed by atoms with E-state index in [4.69, 9.17) is 0 Å². The molecule has 0 bridgehead atoms. The molecule has 3 atom stereocenters. The van der Waals surface area contributed by atoms with Crippen LogP contribution in [0, 0.1) is 5.92 Å². The monoisotopic (exact) mass is 242 g/mol. The van der Waals surface area contributed by atoms with Crippen LogP contribution in [0.4, 0.5) is 0 Å². The Hall–Kier alpha value is 0.270. The standard InChI is InChI=1S/C13H26N2S/c1-3-15-7-4-5-12(9-15)11(2)14-13-6-8-16-10-13/h11-14H,3-10H2,1-2H3. The van der Waals surface area contributed by atoms with Gasteiger partial charge in [0.15, 0.2) is 0 Å². The van der Waals surface area contributed by atoms with Gasteiger partial charge in [-0.2, -0.15) is 11.8 Å². The SMILES string of the molecule is CCN1CCCC(C(C)NC2CCSC2)C1. The Morgan fingerprint density at radius 2 is 2.31 bits per heavy atom. The molecule has 2 nitrogen and oxygen atoms in total. The van der Waals surface area contributed by atoms with Gasteiger partial charge in [-0.15, -0.1) is 0 Å². The molecule has 3 unspecified atom stereocenters. The Kier molecular flexibility index (Phi) is 4.98. The van der Waals surface area contributed by atoms with Crippen LogP contribution < -0.4 is 5.32 Å². The molecule has 1 N–H and O–H groups in total. The molecule has 2 fully saturated rings. The van der Waals surface area contributed by atoms with Crippen LogP contribution >= 0.6 is 11.8 Å². The molecule has 2 rings (SSSR count). The lowest BCUT2D eigenvalue weighted by atomic mass is 9.91. The van der Waals surface area contributed by atoms with Crippen molar-refractivity contribution in [2.45, 2.75) is 45.2 Å². The first-order chi connectivity index (χ1) is 7.79. The molecule has 0 amide bonds. The summed E-state index contributed by atoms with van der Waals surface area (Å²) in [5.74, 6) is 3.56. The lowest BCUT2D eigenvalue weighted by molar-refractivity contribution is 0.153. The third-order valence-corrected chi connectivity index (χ3v) is 5.29. The van der Waals surface area contributed by atoms with E-state index >= 15 is 0 Å². The maximum absolute atomic E-state index is 3.85. The average molecular weight is 242 g/mol. The van der Waals surface area contributed by atoms with Gasteiger partial charge in [0.05, 0.1) is 0 Å². The van der Waals surface area contributed by atoms with Gasteiger partial charge in [-0.3, -0.25) is 0 Å². The van der Waals surface area contributed by atoms with Crippen molar-refractivity contribution in [1.29, 1.82) is 0 Å². The lowest BCUT2D eigenvalue weighted by Gasteiger charge is -2.36. The zero-order valence-corrected chi connectivity index (χ0v) is 11.6. The summed E-state index contributed by atoms with van der Waals surface area (Å²) in [5.41, 5.74) is 0. The predicted octanol–water partition coefficient (Wildman–Crippen LogP) is 2.20. The first-order valence-corrected chi connectivity index (χ1v) is 8.01. The molecule has 3 heteroatoms. The van der Waals surface area contributed by atoms with Gasteiger partial charge in [-0.1, -0.05) is 6.92 Å². The summed E-state index contributed by atoms with van der Waals surface area (Å²) in [5, 5.41) is 3.85. The zero-order chi connectivity index (χ0) is 11.4. The summed E-state index contributed by atoms with van der Waals surface area (Å²) in [6, 6.07) is 1.50. The first kappa shape index (κ1) is 12.7. The van der Waals surface area contributed by atoms with E-state index in [1.54, 1.807) is 0 Å². The highest BCUT2D eigenvalue weighted by molar-refractivity contribution is 7.99. The van der Waals surface area contributed by atoms with Gasteiger partial charge < -0.3 is 10.2 Å². The smallest absolute Gasteiger partial charge is 0.0168 e. The van der Waals surface area contributed by atoms with Crippen LogP contribution in [0.25, 0.3) is 0 Å². The number of nitrogens with one attached hydrogen (secondary N) is 1. The van der Waals surface area contributed by atoms with Gasteiger partial charge in [-0.05, 0) is 50.9 Å². The van der Waals surface area contributed by atoms with Crippen LogP contribution in [0.5, 0.6) is 0 Å². The Bertz CT molecular complexity index is 204. The van der Waals surface area contributed by atoms with E-state index in [9.17, 15) is 0 Å². The topological polar surface area (TPSA) is 15.3 Å². The summed E-state index contributed by atoms with van der Waals surface area (Å²) in [7, 11) is 0. The van der Waals surface area contributed by atoms with E-state index in [0.29, 0.717) is 6.04 Å². The second kappa shape index (κ2) is 6.27. The van der Waals surface area contributed by atoms with E-state index in [2.05, 4.69) is 35.8 Å². The normalized spacial score (nSPS) is 34.1. The van der Waals surface area contributed by atoms with Crippen molar-refractivity contribution >= 4 is 11.8 Å². The Labute approximate surface area is 105 Å². The lowest BCUT2D eigenvalue weighted by Crippen LogP contribution is -2.47. The molecule has 16 heavy (non-hydrogen) atoms. The van der Waals surface area contributed by atoms with Crippen LogP contribution in [-0.2, 0) is 0 Å². The number of nitrogens with zero attached hydrogens (tertiary/aromatic N) is 1. The van der Waals surface area contributed by atoms with Crippen molar-refractivity contribution < 1.29 is 0 Å². The molecule has 0 spiro atoms. The van der Waals surface area contributed by atoms with Gasteiger partial charge in [-0.25, -0.2) is 0 Å². The van der Waals surface area contributed by atoms with E-state index in [1.807, 2.05) is 0 Å². The number of likely N-dealkylation sites (tertiary alicyclic amines) is 1. The third kappa shape index (κ3) is 3.38. The molecular formula is C13H26N2S. The molecule has 2 aliphatic heterocycles. The predicted molar refractivity (Wildman–Crippen MR) is 73.2 cm³/mol. The molecule has 94 valence electrons. The van der Waals surface area contributed by atoms with E-state index in [1.165, 1.54) is 50.4 Å². The Morgan fingerprint density at radius 3 is 3.00 bits per heavy atom. The van der Waals surface area contributed by atoms with Crippen molar-refractivity contribution in [3.8, 4) is 0 Å². The number of hydrogen-bond donors (Lipinski definition) is 1. The minimum Gasteiger partial charge on any atom is -0.310 e. The zero-order valence-electron chi connectivity index (χ0n) is 10.7. The van der Waals surface area contributed by atoms with Gasteiger partial charge in [0.1, 0.15) is 0 Å². The van der Waals surface area contributed by atoms with Gasteiger partial charge in [0.2, 0.25) is 0 Å². The van der Waals surface area contributed by atoms with E-state index in [-0.39, 0.29) is 0 Å². The molecule has 2 aliphatic rings. The van der Waals surface area contributed by atoms with Gasteiger partial charge in [0.25, 0.3) is 0 Å². The number of hydrogen-bond acceptors (Lipinski definition) is 3. The number of rotatable bonds is 4. The minimum absolute atomic E-state index is 0.707. The van der Waals surface area contributed by atoms with Crippen LogP contribution in [0.1, 0.15) is 33.1 Å². The van der Waals surface area contributed by atoms with Crippen LogP contribution in [0.2, 0.25) is 0 Å². The third-order valence-electron chi connectivity index (χ3n) is 4.12. The fourth-order valence-corrected chi connectivity index (χ4v) is 4.13. The highest BCUT2D eigenvalue weighted by Gasteiger charge is 2.26.